The lowest BCUT2D eigenvalue weighted by atomic mass is 9.93. The summed E-state index contributed by atoms with van der Waals surface area (Å²) < 4.78 is 0. The second kappa shape index (κ2) is 6.15. The van der Waals surface area contributed by atoms with E-state index in [9.17, 15) is 4.79 Å². The fourth-order valence-electron chi connectivity index (χ4n) is 3.41. The summed E-state index contributed by atoms with van der Waals surface area (Å²) in [6.45, 7) is 8.13. The molecule has 0 spiro atoms. The minimum absolute atomic E-state index is 0.320. The van der Waals surface area contributed by atoms with Crippen LogP contribution < -0.4 is 0 Å². The number of hydrogen-bond acceptors (Lipinski definition) is 1. The van der Waals surface area contributed by atoms with Gasteiger partial charge >= 0.3 is 0 Å². The van der Waals surface area contributed by atoms with E-state index in [-0.39, 0.29) is 0 Å². The van der Waals surface area contributed by atoms with Gasteiger partial charge in [-0.3, -0.25) is 4.79 Å². The number of carbonyl (C=O) groups excluding carboxylic acids is 1. The molecule has 2 aromatic rings. The molecule has 2 heterocycles. The molecule has 1 aromatic heterocycles. The fraction of sp³-hybridized carbons (Fsp3) is 0.526. The van der Waals surface area contributed by atoms with Crippen LogP contribution in [0.3, 0.4) is 0 Å². The van der Waals surface area contributed by atoms with Crippen molar-refractivity contribution in [3.8, 4) is 0 Å². The van der Waals surface area contributed by atoms with Gasteiger partial charge in [0.05, 0.1) is 0 Å². The van der Waals surface area contributed by atoms with Crippen LogP contribution in [0.25, 0.3) is 10.9 Å². The van der Waals surface area contributed by atoms with Crippen LogP contribution >= 0.6 is 0 Å². The van der Waals surface area contributed by atoms with Gasteiger partial charge in [0.15, 0.2) is 0 Å². The van der Waals surface area contributed by atoms with Gasteiger partial charge in [-0.15, -0.1) is 0 Å². The Balaban J connectivity index is 1.66. The number of hydrogen-bond donors (Lipinski definition) is 1. The van der Waals surface area contributed by atoms with E-state index in [1.54, 1.807) is 0 Å². The van der Waals surface area contributed by atoms with Crippen LogP contribution in [-0.2, 0) is 4.79 Å². The summed E-state index contributed by atoms with van der Waals surface area (Å²) in [5, 5.41) is 1.30. The Bertz CT molecular complexity index is 663. The summed E-state index contributed by atoms with van der Waals surface area (Å²) >= 11 is 0. The monoisotopic (exact) mass is 298 g/mol. The molecule has 1 saturated heterocycles. The summed E-state index contributed by atoms with van der Waals surface area (Å²) in [5.74, 6) is 1.32. The normalized spacial score (nSPS) is 16.6. The van der Waals surface area contributed by atoms with Crippen LogP contribution in [0.5, 0.6) is 0 Å². The highest BCUT2D eigenvalue weighted by Gasteiger charge is 2.25. The Morgan fingerprint density at radius 1 is 1.27 bits per heavy atom. The predicted molar refractivity (Wildman–Crippen MR) is 91.0 cm³/mol. The van der Waals surface area contributed by atoms with Crippen molar-refractivity contribution in [1.29, 1.82) is 0 Å². The molecule has 22 heavy (non-hydrogen) atoms. The summed E-state index contributed by atoms with van der Waals surface area (Å²) in [6, 6.07) is 8.83. The molecule has 0 unspecified atom stereocenters. The van der Waals surface area contributed by atoms with Gasteiger partial charge in [0.25, 0.3) is 0 Å². The maximum atomic E-state index is 12.1. The first-order chi connectivity index (χ1) is 10.5. The van der Waals surface area contributed by atoms with E-state index in [2.05, 4.69) is 50.0 Å². The van der Waals surface area contributed by atoms with Gasteiger partial charge in [0.2, 0.25) is 5.91 Å². The van der Waals surface area contributed by atoms with Crippen LogP contribution in [0.2, 0.25) is 0 Å². The number of carbonyl (C=O) groups is 1. The zero-order chi connectivity index (χ0) is 15.7. The molecule has 3 heteroatoms. The molecule has 0 radical (unpaired) electrons. The van der Waals surface area contributed by atoms with Crippen LogP contribution in [0.1, 0.15) is 50.3 Å². The number of benzene rings is 1. The van der Waals surface area contributed by atoms with Crippen molar-refractivity contribution in [2.45, 2.75) is 46.0 Å². The minimum atomic E-state index is 0.320. The van der Waals surface area contributed by atoms with Gasteiger partial charge in [-0.05, 0) is 49.3 Å². The third-order valence-corrected chi connectivity index (χ3v) is 4.67. The maximum Gasteiger partial charge on any atom is 0.222 e. The van der Waals surface area contributed by atoms with Crippen LogP contribution in [-0.4, -0.2) is 28.9 Å². The van der Waals surface area contributed by atoms with Crippen molar-refractivity contribution in [2.24, 2.45) is 5.92 Å². The number of piperidine rings is 1. The molecule has 1 aromatic carbocycles. The fourth-order valence-corrected chi connectivity index (χ4v) is 3.41. The second-order valence-corrected chi connectivity index (χ2v) is 7.07. The van der Waals surface area contributed by atoms with E-state index in [1.807, 2.05) is 4.90 Å². The Kier molecular flexibility index (Phi) is 4.23. The zero-order valence-electron chi connectivity index (χ0n) is 13.9. The molecular formula is C19H26N2O. The molecule has 1 N–H and O–H groups in total. The molecular weight excluding hydrogens is 272 g/mol. The van der Waals surface area contributed by atoms with E-state index >= 15 is 0 Å². The molecule has 0 saturated carbocycles. The Hall–Kier alpha value is -1.77. The molecule has 1 fully saturated rings. The van der Waals surface area contributed by atoms with Gasteiger partial charge in [0, 0.05) is 36.6 Å². The summed E-state index contributed by atoms with van der Waals surface area (Å²) in [5.41, 5.74) is 3.85. The summed E-state index contributed by atoms with van der Waals surface area (Å²) in [6.07, 6.45) is 2.81. The van der Waals surface area contributed by atoms with Gasteiger partial charge in [-0.1, -0.05) is 25.5 Å². The lowest BCUT2D eigenvalue weighted by Crippen LogP contribution is -2.38. The first-order valence-corrected chi connectivity index (χ1v) is 8.40. The van der Waals surface area contributed by atoms with Gasteiger partial charge in [-0.2, -0.15) is 0 Å². The third-order valence-electron chi connectivity index (χ3n) is 4.67. The third kappa shape index (κ3) is 3.18. The standard InChI is InChI=1S/C19H26N2O/c1-13(2)10-19(22)21-8-6-15(7-9-21)18-12-16-11-14(3)4-5-17(16)20-18/h4-5,11-13,15,20H,6-10H2,1-3H3. The number of likely N-dealkylation sites (tertiary alicyclic amines) is 1. The first-order valence-electron chi connectivity index (χ1n) is 8.40. The Morgan fingerprint density at radius 3 is 2.68 bits per heavy atom. The molecule has 1 aliphatic rings. The number of H-pyrrole nitrogens is 1. The molecule has 118 valence electrons. The smallest absolute Gasteiger partial charge is 0.222 e. The molecule has 0 aliphatic carbocycles. The van der Waals surface area contributed by atoms with Crippen molar-refractivity contribution in [2.75, 3.05) is 13.1 Å². The number of amides is 1. The molecule has 1 aliphatic heterocycles. The second-order valence-electron chi connectivity index (χ2n) is 7.07. The van der Waals surface area contributed by atoms with Gasteiger partial charge in [-0.25, -0.2) is 0 Å². The first kappa shape index (κ1) is 15.1. The van der Waals surface area contributed by atoms with Crippen molar-refractivity contribution >= 4 is 16.8 Å². The lowest BCUT2D eigenvalue weighted by molar-refractivity contribution is -0.133. The Labute approximate surface area is 132 Å². The van der Waals surface area contributed by atoms with Gasteiger partial charge < -0.3 is 9.88 Å². The quantitative estimate of drug-likeness (QED) is 0.904. The van der Waals surface area contributed by atoms with Crippen molar-refractivity contribution in [3.05, 3.63) is 35.5 Å². The molecule has 3 nitrogen and oxygen atoms in total. The molecule has 1 amide bonds. The summed E-state index contributed by atoms with van der Waals surface area (Å²) in [7, 11) is 0. The van der Waals surface area contributed by atoms with Crippen LogP contribution in [0.15, 0.2) is 24.3 Å². The van der Waals surface area contributed by atoms with Crippen LogP contribution in [0, 0.1) is 12.8 Å². The largest absolute Gasteiger partial charge is 0.358 e. The molecule has 0 bridgehead atoms. The Morgan fingerprint density at radius 2 is 2.00 bits per heavy atom. The van der Waals surface area contributed by atoms with E-state index in [1.165, 1.54) is 22.2 Å². The molecule has 3 rings (SSSR count). The number of nitrogens with one attached hydrogen (secondary N) is 1. The van der Waals surface area contributed by atoms with E-state index in [0.717, 1.165) is 25.9 Å². The number of fused-ring (bicyclic) bond motifs is 1. The van der Waals surface area contributed by atoms with Gasteiger partial charge in [0.1, 0.15) is 0 Å². The predicted octanol–water partition coefficient (Wildman–Crippen LogP) is 4.23. The van der Waals surface area contributed by atoms with Crippen LogP contribution in [0.4, 0.5) is 0 Å². The highest BCUT2D eigenvalue weighted by molar-refractivity contribution is 5.81. The number of nitrogens with zero attached hydrogens (tertiary/aromatic N) is 1. The number of aromatic amines is 1. The zero-order valence-corrected chi connectivity index (χ0v) is 13.9. The number of aryl methyl sites for hydroxylation is 1. The van der Waals surface area contributed by atoms with Crippen molar-refractivity contribution < 1.29 is 4.79 Å². The van der Waals surface area contributed by atoms with E-state index < -0.39 is 0 Å². The average molecular weight is 298 g/mol. The molecule has 0 atom stereocenters. The van der Waals surface area contributed by atoms with Crippen molar-refractivity contribution in [3.63, 3.8) is 0 Å². The summed E-state index contributed by atoms with van der Waals surface area (Å²) in [4.78, 5) is 17.8. The number of aromatic nitrogens is 1. The highest BCUT2D eigenvalue weighted by atomic mass is 16.2. The van der Waals surface area contributed by atoms with E-state index in [0.29, 0.717) is 24.2 Å². The lowest BCUT2D eigenvalue weighted by Gasteiger charge is -2.32. The maximum absolute atomic E-state index is 12.1. The SMILES string of the molecule is Cc1ccc2[nH]c(C3CCN(C(=O)CC(C)C)CC3)cc2c1. The highest BCUT2D eigenvalue weighted by Crippen LogP contribution is 2.30. The van der Waals surface area contributed by atoms with E-state index in [4.69, 9.17) is 0 Å². The minimum Gasteiger partial charge on any atom is -0.358 e. The number of rotatable bonds is 3. The topological polar surface area (TPSA) is 36.1 Å². The van der Waals surface area contributed by atoms with Crippen molar-refractivity contribution in [1.82, 2.24) is 9.88 Å². The average Bonchev–Trinajstić information content (AvgIpc) is 2.89.